The third-order valence-electron chi connectivity index (χ3n) is 6.00. The number of ether oxygens (including phenoxy) is 1. The van der Waals surface area contributed by atoms with Gasteiger partial charge in [-0.3, -0.25) is 9.69 Å². The highest BCUT2D eigenvalue weighted by Gasteiger charge is 2.37. The lowest BCUT2D eigenvalue weighted by Crippen LogP contribution is -2.61. The number of carbonyl (C=O) groups excluding carboxylic acids is 1. The minimum atomic E-state index is -4.62. The molecule has 1 saturated heterocycles. The van der Waals surface area contributed by atoms with Gasteiger partial charge in [-0.15, -0.1) is 11.3 Å². The molecule has 0 amide bonds. The summed E-state index contributed by atoms with van der Waals surface area (Å²) in [5, 5.41) is 4.54. The van der Waals surface area contributed by atoms with Crippen LogP contribution in [-0.2, 0) is 19.7 Å². The zero-order chi connectivity index (χ0) is 23.6. The molecule has 1 aliphatic carbocycles. The number of hydrogen-bond donors (Lipinski definition) is 1. The Morgan fingerprint density at radius 3 is 2.70 bits per heavy atom. The van der Waals surface area contributed by atoms with Crippen LogP contribution >= 0.6 is 22.9 Å². The monoisotopic (exact) mass is 518 g/mol. The van der Waals surface area contributed by atoms with E-state index in [0.717, 1.165) is 62.2 Å². The largest absolute Gasteiger partial charge is 0.487 e. The maximum Gasteiger partial charge on any atom is 0.322 e. The fourth-order valence-corrected chi connectivity index (χ4v) is 6.46. The number of carbonyl (C=O) groups is 1. The van der Waals surface area contributed by atoms with E-state index >= 15 is 4.39 Å². The lowest BCUT2D eigenvalue weighted by Gasteiger charge is -2.45. The summed E-state index contributed by atoms with van der Waals surface area (Å²) in [5.74, 6) is -1.00. The first-order valence-corrected chi connectivity index (χ1v) is 13.2. The lowest BCUT2D eigenvalue weighted by atomic mass is 9.90. The molecule has 2 atom stereocenters. The molecule has 2 fully saturated rings. The fourth-order valence-electron chi connectivity index (χ4n) is 4.11. The average Bonchev–Trinajstić information content (AvgIpc) is 3.27. The third-order valence-corrected chi connectivity index (χ3v) is 8.72. The summed E-state index contributed by atoms with van der Waals surface area (Å²) >= 11 is 7.24. The molecule has 2 aromatic rings. The van der Waals surface area contributed by atoms with Crippen LogP contribution in [-0.4, -0.2) is 63.1 Å². The topological polar surface area (TPSA) is 101 Å². The van der Waals surface area contributed by atoms with E-state index in [1.54, 1.807) is 0 Å². The molecule has 33 heavy (non-hydrogen) atoms. The highest BCUT2D eigenvalue weighted by Crippen LogP contribution is 2.36. The molecule has 180 valence electrons. The standard InChI is InChI=1S/C20H24ClFN4O5S2/c1-25(13-10-23-11-13)16-4-2-3-5-17(16)31-18-9-15(22)19(8-14(18)21)33(28,29)26(30-12-27)20-24-6-7-32-20/h6-9,12-13,16-17,23H,2-5,10-11H2,1H3/t16-,17-/m0/s1. The first-order chi connectivity index (χ1) is 15.8. The second-order valence-electron chi connectivity index (χ2n) is 7.95. The van der Waals surface area contributed by atoms with E-state index in [1.807, 2.05) is 0 Å². The number of benzene rings is 1. The van der Waals surface area contributed by atoms with E-state index in [4.69, 9.17) is 16.3 Å². The molecule has 1 aromatic carbocycles. The van der Waals surface area contributed by atoms with Gasteiger partial charge in [0.05, 0.1) is 5.02 Å². The molecule has 1 aliphatic heterocycles. The zero-order valence-electron chi connectivity index (χ0n) is 17.8. The number of halogens is 2. The molecular weight excluding hydrogens is 495 g/mol. The number of likely N-dealkylation sites (N-methyl/N-ethyl adjacent to an activating group) is 1. The Morgan fingerprint density at radius 1 is 1.30 bits per heavy atom. The minimum Gasteiger partial charge on any atom is -0.487 e. The normalized spacial score (nSPS) is 21.5. The van der Waals surface area contributed by atoms with Gasteiger partial charge in [-0.05, 0) is 32.4 Å². The highest BCUT2D eigenvalue weighted by atomic mass is 35.5. The summed E-state index contributed by atoms with van der Waals surface area (Å²) in [6.45, 7) is 1.76. The number of rotatable bonds is 9. The summed E-state index contributed by atoms with van der Waals surface area (Å²) in [5.41, 5.74) is 0. The van der Waals surface area contributed by atoms with E-state index < -0.39 is 20.7 Å². The first-order valence-electron chi connectivity index (χ1n) is 10.5. The summed E-state index contributed by atoms with van der Waals surface area (Å²) in [6, 6.07) is 2.50. The summed E-state index contributed by atoms with van der Waals surface area (Å²) in [6.07, 6.45) is 4.94. The predicted octanol–water partition coefficient (Wildman–Crippen LogP) is 2.81. The van der Waals surface area contributed by atoms with Crippen LogP contribution in [0.2, 0.25) is 5.02 Å². The predicted molar refractivity (Wildman–Crippen MR) is 121 cm³/mol. The van der Waals surface area contributed by atoms with Gasteiger partial charge in [0, 0.05) is 42.8 Å². The van der Waals surface area contributed by atoms with Crippen LogP contribution < -0.4 is 14.5 Å². The van der Waals surface area contributed by atoms with E-state index in [-0.39, 0.29) is 39.0 Å². The van der Waals surface area contributed by atoms with Crippen molar-refractivity contribution >= 4 is 44.6 Å². The molecule has 9 nitrogen and oxygen atoms in total. The SMILES string of the molecule is CN(C1CNC1)[C@H]1CCCC[C@@H]1Oc1cc(F)c(S(=O)(=O)N(OC=O)c2nccs2)cc1Cl. The highest BCUT2D eigenvalue weighted by molar-refractivity contribution is 7.92. The van der Waals surface area contributed by atoms with Crippen molar-refractivity contribution in [1.82, 2.24) is 15.2 Å². The van der Waals surface area contributed by atoms with Gasteiger partial charge in [0.25, 0.3) is 0 Å². The van der Waals surface area contributed by atoms with Crippen molar-refractivity contribution in [3.63, 3.8) is 0 Å². The molecule has 4 rings (SSSR count). The number of aromatic nitrogens is 1. The Kier molecular flexibility index (Phi) is 7.39. The zero-order valence-corrected chi connectivity index (χ0v) is 20.2. The van der Waals surface area contributed by atoms with E-state index in [0.29, 0.717) is 6.04 Å². The summed E-state index contributed by atoms with van der Waals surface area (Å²) in [4.78, 5) is 20.8. The quantitative estimate of drug-likeness (QED) is 0.399. The Morgan fingerprint density at radius 2 is 2.06 bits per heavy atom. The number of nitrogens with one attached hydrogen (secondary N) is 1. The summed E-state index contributed by atoms with van der Waals surface area (Å²) in [7, 11) is -2.56. The molecule has 0 spiro atoms. The van der Waals surface area contributed by atoms with Gasteiger partial charge in [0.1, 0.15) is 22.6 Å². The number of hydrogen-bond acceptors (Lipinski definition) is 9. The number of nitrogens with zero attached hydrogens (tertiary/aromatic N) is 3. The molecule has 2 heterocycles. The molecule has 1 aromatic heterocycles. The third kappa shape index (κ3) is 4.94. The second-order valence-corrected chi connectivity index (χ2v) is 10.9. The van der Waals surface area contributed by atoms with E-state index in [1.165, 1.54) is 11.6 Å². The van der Waals surface area contributed by atoms with Crippen molar-refractivity contribution in [1.29, 1.82) is 0 Å². The summed E-state index contributed by atoms with van der Waals surface area (Å²) < 4.78 is 47.5. The number of thiazole rings is 1. The molecule has 0 unspecified atom stereocenters. The smallest absolute Gasteiger partial charge is 0.322 e. The van der Waals surface area contributed by atoms with Gasteiger partial charge in [0.2, 0.25) is 5.13 Å². The van der Waals surface area contributed by atoms with Crippen LogP contribution in [0.3, 0.4) is 0 Å². The second kappa shape index (κ2) is 10.1. The van der Waals surface area contributed by atoms with E-state index in [9.17, 15) is 13.2 Å². The van der Waals surface area contributed by atoms with Crippen molar-refractivity contribution in [3.05, 3.63) is 34.5 Å². The molecule has 1 saturated carbocycles. The fraction of sp³-hybridized carbons (Fsp3) is 0.500. The molecular formula is C20H24ClFN4O5S2. The van der Waals surface area contributed by atoms with Gasteiger partial charge < -0.3 is 14.9 Å². The van der Waals surface area contributed by atoms with Crippen molar-refractivity contribution in [2.24, 2.45) is 0 Å². The molecule has 2 aliphatic rings. The van der Waals surface area contributed by atoms with Crippen molar-refractivity contribution in [2.75, 3.05) is 24.6 Å². The Hall–Kier alpha value is -1.99. The van der Waals surface area contributed by atoms with Crippen LogP contribution in [0.1, 0.15) is 25.7 Å². The Bertz CT molecular complexity index is 1080. The number of anilines is 1. The van der Waals surface area contributed by atoms with Gasteiger partial charge >= 0.3 is 16.5 Å². The van der Waals surface area contributed by atoms with Crippen LogP contribution in [0, 0.1) is 5.82 Å². The van der Waals surface area contributed by atoms with E-state index in [2.05, 4.69) is 27.1 Å². The maximum absolute atomic E-state index is 15.0. The molecule has 13 heteroatoms. The van der Waals surface area contributed by atoms with Gasteiger partial charge in [0.15, 0.2) is 0 Å². The average molecular weight is 519 g/mol. The van der Waals surface area contributed by atoms with Crippen LogP contribution in [0.4, 0.5) is 9.52 Å². The van der Waals surface area contributed by atoms with Crippen molar-refractivity contribution in [3.8, 4) is 5.75 Å². The van der Waals surface area contributed by atoms with Crippen LogP contribution in [0.15, 0.2) is 28.6 Å². The lowest BCUT2D eigenvalue weighted by molar-refractivity contribution is -0.128. The minimum absolute atomic E-state index is 0.0579. The van der Waals surface area contributed by atoms with Crippen LogP contribution in [0.25, 0.3) is 0 Å². The molecule has 1 N–H and O–H groups in total. The van der Waals surface area contributed by atoms with Crippen molar-refractivity contribution in [2.45, 2.75) is 48.8 Å². The van der Waals surface area contributed by atoms with Gasteiger partial charge in [-0.2, -0.15) is 8.42 Å². The van der Waals surface area contributed by atoms with Gasteiger partial charge in [-0.25, -0.2) is 9.37 Å². The number of sulfonamides is 1. The maximum atomic E-state index is 15.0. The first kappa shape index (κ1) is 24.1. The Labute approximate surface area is 200 Å². The molecule has 0 radical (unpaired) electrons. The Balaban J connectivity index is 1.59. The van der Waals surface area contributed by atoms with Crippen LogP contribution in [0.5, 0.6) is 5.75 Å². The van der Waals surface area contributed by atoms with Crippen molar-refractivity contribution < 1.29 is 27.2 Å². The molecule has 0 bridgehead atoms. The van der Waals surface area contributed by atoms with Gasteiger partial charge in [-0.1, -0.05) is 22.5 Å².